The highest BCUT2D eigenvalue weighted by Gasteiger charge is 2.42. The Morgan fingerprint density at radius 1 is 1.18 bits per heavy atom. The Balaban J connectivity index is 1.67. The van der Waals surface area contributed by atoms with Crippen LogP contribution in [0.15, 0.2) is 41.3 Å². The number of hydrogen-bond donors (Lipinski definition) is 0. The maximum Gasteiger partial charge on any atom is 0.175 e. The number of likely N-dealkylation sites (tertiary alicyclic amines) is 1. The summed E-state index contributed by atoms with van der Waals surface area (Å²) in [5.41, 5.74) is 1.87. The van der Waals surface area contributed by atoms with Crippen LogP contribution < -0.4 is 4.74 Å². The molecule has 0 amide bonds. The summed E-state index contributed by atoms with van der Waals surface area (Å²) in [5.74, 6) is 0.544. The number of ether oxygens (including phenoxy) is 1. The Morgan fingerprint density at radius 3 is 2.50 bits per heavy atom. The van der Waals surface area contributed by atoms with Gasteiger partial charge in [-0.25, -0.2) is 12.8 Å². The van der Waals surface area contributed by atoms with Crippen molar-refractivity contribution in [1.29, 1.82) is 0 Å². The van der Waals surface area contributed by atoms with Crippen LogP contribution in [-0.4, -0.2) is 44.9 Å². The number of fused-ring (bicyclic) bond motifs is 1. The third-order valence-electron chi connectivity index (χ3n) is 5.41. The first-order valence-corrected chi connectivity index (χ1v) is 11.7. The molecule has 2 aliphatic rings. The zero-order valence-corrected chi connectivity index (χ0v) is 17.6. The van der Waals surface area contributed by atoms with Crippen molar-refractivity contribution in [1.82, 2.24) is 4.90 Å². The fourth-order valence-electron chi connectivity index (χ4n) is 4.03. The molecule has 0 saturated carbocycles. The molecular weight excluding hydrogens is 424 g/mol. The van der Waals surface area contributed by atoms with E-state index in [-0.39, 0.29) is 17.0 Å². The van der Waals surface area contributed by atoms with Crippen LogP contribution >= 0.6 is 23.2 Å². The fraction of sp³-hybridized carbons (Fsp3) is 0.400. The molecule has 28 heavy (non-hydrogen) atoms. The number of sulfone groups is 1. The van der Waals surface area contributed by atoms with E-state index in [2.05, 4.69) is 4.90 Å². The Morgan fingerprint density at radius 2 is 1.89 bits per heavy atom. The summed E-state index contributed by atoms with van der Waals surface area (Å²) in [5, 5.41) is 1.11. The zero-order valence-electron chi connectivity index (χ0n) is 15.2. The van der Waals surface area contributed by atoms with E-state index in [0.717, 1.165) is 17.4 Å². The lowest BCUT2D eigenvalue weighted by molar-refractivity contribution is 0.0896. The highest BCUT2D eigenvalue weighted by atomic mass is 35.5. The second-order valence-electron chi connectivity index (χ2n) is 7.39. The van der Waals surface area contributed by atoms with Crippen LogP contribution in [0.2, 0.25) is 10.0 Å². The third-order valence-corrected chi connectivity index (χ3v) is 7.09. The molecule has 4 rings (SSSR count). The van der Waals surface area contributed by atoms with Crippen LogP contribution in [0.4, 0.5) is 4.39 Å². The van der Waals surface area contributed by atoms with Crippen molar-refractivity contribution in [2.75, 3.05) is 19.3 Å². The molecule has 1 saturated heterocycles. The van der Waals surface area contributed by atoms with Gasteiger partial charge in [-0.2, -0.15) is 0 Å². The number of nitrogens with zero attached hydrogens (tertiary/aromatic N) is 1. The maximum atomic E-state index is 13.8. The summed E-state index contributed by atoms with van der Waals surface area (Å²) in [6.45, 7) is 1.04. The third kappa shape index (κ3) is 3.88. The van der Waals surface area contributed by atoms with Gasteiger partial charge in [0.05, 0.1) is 10.9 Å². The Bertz CT molecular complexity index is 997. The molecule has 4 nitrogen and oxygen atoms in total. The molecule has 0 spiro atoms. The molecule has 0 aromatic heterocycles. The SMILES string of the molecule is CS(=O)(=O)c1ccc(O[C@H]2c3cc(Cl)cc(Cl)c3C[C@@H]2N2CCC(F)C2)cc1. The predicted octanol–water partition coefficient (Wildman–Crippen LogP) is 4.49. The minimum Gasteiger partial charge on any atom is -0.484 e. The Labute approximate surface area is 174 Å². The van der Waals surface area contributed by atoms with Crippen LogP contribution in [0.5, 0.6) is 5.75 Å². The van der Waals surface area contributed by atoms with Crippen molar-refractivity contribution < 1.29 is 17.5 Å². The predicted molar refractivity (Wildman–Crippen MR) is 108 cm³/mol. The molecule has 1 aliphatic heterocycles. The van der Waals surface area contributed by atoms with Gasteiger partial charge < -0.3 is 4.74 Å². The fourth-order valence-corrected chi connectivity index (χ4v) is 5.25. The molecule has 8 heteroatoms. The molecule has 2 aromatic carbocycles. The van der Waals surface area contributed by atoms with Crippen molar-refractivity contribution in [2.45, 2.75) is 36.1 Å². The van der Waals surface area contributed by atoms with E-state index in [1.165, 1.54) is 12.1 Å². The molecule has 150 valence electrons. The molecule has 1 unspecified atom stereocenters. The minimum absolute atomic E-state index is 0.0544. The van der Waals surface area contributed by atoms with Crippen LogP contribution in [-0.2, 0) is 16.3 Å². The normalized spacial score (nSPS) is 25.1. The molecule has 1 fully saturated rings. The lowest BCUT2D eigenvalue weighted by Crippen LogP contribution is -2.38. The van der Waals surface area contributed by atoms with Crippen LogP contribution in [0, 0.1) is 0 Å². The molecule has 1 heterocycles. The summed E-state index contributed by atoms with van der Waals surface area (Å²) >= 11 is 12.6. The van der Waals surface area contributed by atoms with Gasteiger partial charge in [0.2, 0.25) is 0 Å². The molecule has 0 bridgehead atoms. The summed E-state index contributed by atoms with van der Waals surface area (Å²) in [6, 6.07) is 9.83. The van der Waals surface area contributed by atoms with Crippen molar-refractivity contribution in [2.24, 2.45) is 0 Å². The summed E-state index contributed by atoms with van der Waals surface area (Å²) in [7, 11) is -3.28. The number of rotatable bonds is 4. The van der Waals surface area contributed by atoms with E-state index in [4.69, 9.17) is 27.9 Å². The molecule has 1 aliphatic carbocycles. The average molecular weight is 444 g/mol. The van der Waals surface area contributed by atoms with Gasteiger partial charge in [0.1, 0.15) is 18.0 Å². The number of hydrogen-bond acceptors (Lipinski definition) is 4. The molecule has 0 radical (unpaired) electrons. The highest BCUT2D eigenvalue weighted by Crippen LogP contribution is 2.43. The number of benzene rings is 2. The van der Waals surface area contributed by atoms with E-state index >= 15 is 0 Å². The first kappa shape index (κ1) is 20.0. The summed E-state index contributed by atoms with van der Waals surface area (Å²) in [6.07, 6.45) is 1.14. The largest absolute Gasteiger partial charge is 0.484 e. The van der Waals surface area contributed by atoms with Gasteiger partial charge in [-0.05, 0) is 54.8 Å². The average Bonchev–Trinajstić information content (AvgIpc) is 3.19. The number of alkyl halides is 1. The van der Waals surface area contributed by atoms with Gasteiger partial charge in [-0.3, -0.25) is 4.90 Å². The van der Waals surface area contributed by atoms with E-state index in [1.54, 1.807) is 18.2 Å². The monoisotopic (exact) mass is 443 g/mol. The molecule has 0 N–H and O–H groups in total. The van der Waals surface area contributed by atoms with Crippen LogP contribution in [0.1, 0.15) is 23.7 Å². The van der Waals surface area contributed by atoms with E-state index in [9.17, 15) is 12.8 Å². The van der Waals surface area contributed by atoms with Crippen molar-refractivity contribution in [3.8, 4) is 5.75 Å². The zero-order chi connectivity index (χ0) is 20.1. The van der Waals surface area contributed by atoms with Crippen molar-refractivity contribution >= 4 is 33.0 Å². The lowest BCUT2D eigenvalue weighted by Gasteiger charge is -2.30. The highest BCUT2D eigenvalue weighted by molar-refractivity contribution is 7.90. The standard InChI is InChI=1S/C20H20Cl2FNO3S/c1-28(25,26)15-4-2-14(3-5-15)27-20-17-8-12(21)9-18(22)16(17)10-19(20)24-7-6-13(23)11-24/h2-5,8-9,13,19-20H,6-7,10-11H2,1H3/t13?,19-,20-/m0/s1. The molecular formula is C20H20Cl2FNO3S. The van der Waals surface area contributed by atoms with Gasteiger partial charge in [0.15, 0.2) is 9.84 Å². The van der Waals surface area contributed by atoms with Crippen LogP contribution in [0.3, 0.4) is 0 Å². The van der Waals surface area contributed by atoms with E-state index < -0.39 is 16.0 Å². The van der Waals surface area contributed by atoms with Gasteiger partial charge in [-0.1, -0.05) is 23.2 Å². The molecule has 3 atom stereocenters. The summed E-state index contributed by atoms with van der Waals surface area (Å²) < 4.78 is 43.4. The van der Waals surface area contributed by atoms with Crippen LogP contribution in [0.25, 0.3) is 0 Å². The quantitative estimate of drug-likeness (QED) is 0.698. The topological polar surface area (TPSA) is 46.6 Å². The van der Waals surface area contributed by atoms with Crippen molar-refractivity contribution in [3.63, 3.8) is 0 Å². The first-order chi connectivity index (χ1) is 13.2. The van der Waals surface area contributed by atoms with Gasteiger partial charge in [0.25, 0.3) is 0 Å². The van der Waals surface area contributed by atoms with Gasteiger partial charge >= 0.3 is 0 Å². The van der Waals surface area contributed by atoms with Gasteiger partial charge in [0, 0.05) is 35.0 Å². The van der Waals surface area contributed by atoms with E-state index in [0.29, 0.717) is 41.7 Å². The van der Waals surface area contributed by atoms with E-state index in [1.807, 2.05) is 6.07 Å². The Hall–Kier alpha value is -1.34. The second-order valence-corrected chi connectivity index (χ2v) is 10.2. The summed E-state index contributed by atoms with van der Waals surface area (Å²) in [4.78, 5) is 2.33. The number of halogens is 3. The first-order valence-electron chi connectivity index (χ1n) is 9.05. The Kier molecular flexibility index (Phi) is 5.33. The molecule has 2 aromatic rings. The maximum absolute atomic E-state index is 13.8. The van der Waals surface area contributed by atoms with Gasteiger partial charge in [-0.15, -0.1) is 0 Å². The van der Waals surface area contributed by atoms with Crippen molar-refractivity contribution in [3.05, 3.63) is 57.6 Å². The second kappa shape index (κ2) is 7.48. The smallest absolute Gasteiger partial charge is 0.175 e. The lowest BCUT2D eigenvalue weighted by atomic mass is 10.1. The minimum atomic E-state index is -3.28.